The molecule has 0 spiro atoms. The molecule has 0 saturated heterocycles. The largest absolute Gasteiger partial charge is 0.480 e. The molecule has 0 aliphatic rings. The maximum Gasteiger partial charge on any atom is 0.475 e. The predicted molar refractivity (Wildman–Crippen MR) is 490 cm³/mol. The number of phosphoric ester groups is 2. The minimum absolute atomic E-state index is 0. The highest BCUT2D eigenvalue weighted by molar-refractivity contribution is 7.48. The number of rotatable bonds is 43. The van der Waals surface area contributed by atoms with E-state index in [-0.39, 0.29) is 62.3 Å². The number of carboxylic acids is 1. The zero-order valence-electron chi connectivity index (χ0n) is 81.7. The number of carbonyl (C=O) groups is 9. The molecule has 2 aromatic rings. The fraction of sp³-hybridized carbons (Fsp3) is 0.761. The van der Waals surface area contributed by atoms with Crippen LogP contribution in [0.25, 0.3) is 0 Å². The number of aliphatic hydroxyl groups is 1. The fourth-order valence-corrected chi connectivity index (χ4v) is 13.7. The first-order valence-electron chi connectivity index (χ1n) is 42.7. The molecule has 5 atom stereocenters. The van der Waals surface area contributed by atoms with Crippen molar-refractivity contribution in [3.8, 4) is 0 Å². The number of nitrogens with two attached hydrogens (primary N) is 1. The Labute approximate surface area is 751 Å². The van der Waals surface area contributed by atoms with Gasteiger partial charge in [-0.1, -0.05) is 126 Å². The molecule has 730 valence electrons. The van der Waals surface area contributed by atoms with Crippen LogP contribution in [0.5, 0.6) is 0 Å². The Morgan fingerprint density at radius 1 is 0.432 bits per heavy atom. The molecule has 37 heteroatoms. The van der Waals surface area contributed by atoms with Gasteiger partial charge in [0.05, 0.1) is 68.7 Å². The quantitative estimate of drug-likeness (QED) is 0.0169. The van der Waals surface area contributed by atoms with Crippen molar-refractivity contribution < 1.29 is 129 Å². The molecule has 2 aromatic carbocycles. The highest BCUT2D eigenvalue weighted by Crippen LogP contribution is 2.56. The van der Waals surface area contributed by atoms with Crippen molar-refractivity contribution in [2.24, 2.45) is 5.73 Å². The van der Waals surface area contributed by atoms with Crippen molar-refractivity contribution in [3.63, 3.8) is 0 Å². The van der Waals surface area contributed by atoms with Gasteiger partial charge < -0.3 is 89.4 Å². The minimum Gasteiger partial charge on any atom is -0.480 e. The molecule has 0 bridgehead atoms. The van der Waals surface area contributed by atoms with Gasteiger partial charge in [0, 0.05) is 26.6 Å². The molecule has 2 rings (SSSR count). The zero-order valence-corrected chi connectivity index (χ0v) is 84.4. The van der Waals surface area contributed by atoms with Gasteiger partial charge in [0.25, 0.3) is 8.53 Å². The number of nitrogens with one attached hydrogen (secondary N) is 4. The second-order valence-corrected chi connectivity index (χ2v) is 42.1. The molecule has 0 heterocycles. The summed E-state index contributed by atoms with van der Waals surface area (Å²) < 4.78 is 90.0. The van der Waals surface area contributed by atoms with Crippen LogP contribution < -0.4 is 27.0 Å². The van der Waals surface area contributed by atoms with Gasteiger partial charge in [-0.25, -0.2) is 37.8 Å². The lowest BCUT2D eigenvalue weighted by molar-refractivity contribution is -0.141. The van der Waals surface area contributed by atoms with Gasteiger partial charge >= 0.3 is 46.0 Å². The van der Waals surface area contributed by atoms with E-state index in [0.717, 1.165) is 49.7 Å². The summed E-state index contributed by atoms with van der Waals surface area (Å²) in [7, 11) is -9.64. The number of ether oxygens (including phenoxy) is 6. The molecule has 0 unspecified atom stereocenters. The van der Waals surface area contributed by atoms with Gasteiger partial charge in [-0.15, -0.1) is 0 Å². The maximum atomic E-state index is 13.0. The van der Waals surface area contributed by atoms with Crippen LogP contribution in [0.1, 0.15) is 305 Å². The SMILES string of the molecule is CC(=O)[C@@H](CO)NC(=O)OC(C)(C)C.CC(=O)[C@@H](COCc1ccccc1)NC(=O)OC(C)(C)C.CC(=O)[C@@H](COP(=O)(OC(C)(C)C)OC(C)(C)C)NC(=O)OC(C)(C)C.CC(C)(C)OC(=O)N[C@H](COCc1ccccc1)C(=O)O.CC(C)N(C(C)C)P(OC(C)(C)C)OC(C)(C)C.CCCCCCCN(CCCCCCC)C(=O)[C@H](N)COP(=O)(O)O.[HH]. The maximum absolute atomic E-state index is 13.0. The van der Waals surface area contributed by atoms with Crippen LogP contribution in [0, 0.1) is 0 Å². The Hall–Kier alpha value is -6.16. The molecule has 10 N–H and O–H groups in total. The Bertz CT molecular complexity index is 3330. The Morgan fingerprint density at radius 2 is 0.736 bits per heavy atom. The number of nitrogens with zero attached hydrogens (tertiary/aromatic N) is 2. The zero-order chi connectivity index (χ0) is 97.9. The van der Waals surface area contributed by atoms with E-state index in [1.165, 1.54) is 46.5 Å². The number of benzene rings is 2. The van der Waals surface area contributed by atoms with Crippen LogP contribution in [0.3, 0.4) is 0 Å². The molecular formula is C88H166N7O27P3. The number of aliphatic hydroxyl groups excluding tert-OH is 1. The lowest BCUT2D eigenvalue weighted by atomic mass is 10.1. The number of Topliss-reactive ketones (excluding diaryl/α,β-unsaturated/α-hetero) is 3. The fourth-order valence-electron chi connectivity index (χ4n) is 9.60. The van der Waals surface area contributed by atoms with Crippen LogP contribution in [-0.2, 0) is 102 Å². The number of carboxylic acid groups (broad SMARTS) is 1. The average Bonchev–Trinajstić information content (AvgIpc) is 0.832. The highest BCUT2D eigenvalue weighted by Gasteiger charge is 2.40. The monoisotopic (exact) mass is 1850 g/mol. The van der Waals surface area contributed by atoms with E-state index in [9.17, 15) is 52.3 Å². The number of aliphatic carboxylic acids is 1. The summed E-state index contributed by atoms with van der Waals surface area (Å²) in [6.45, 7) is 61.1. The number of carbonyl (C=O) groups excluding carboxylic acids is 8. The van der Waals surface area contributed by atoms with E-state index >= 15 is 0 Å². The van der Waals surface area contributed by atoms with E-state index in [4.69, 9.17) is 76.8 Å². The summed E-state index contributed by atoms with van der Waals surface area (Å²) in [4.78, 5) is 123. The number of alkyl carbamates (subject to hydrolysis) is 4. The Morgan fingerprint density at radius 3 is 1.01 bits per heavy atom. The Balaban J connectivity index is -0.000000468. The molecule has 125 heavy (non-hydrogen) atoms. The standard InChI is InChI=1S/C17H37N2O5P.C17H34NO7P.C16H23NO4.C15H21NO5.C14H32NO2P.C9H17NO4.H2/c1-3-5-7-9-11-13-19(14-12-10-8-6-4-2)17(20)16(18)15-24-25(21,22)23;1-12(19)13(18-14(20)23-15(2,3)4)11-22-26(21,24-16(5,6)7)25-17(8,9)10;1-12(18)14(17-15(19)21-16(2,3)4)11-20-10-13-8-6-5-7-9-13;1-15(2,3)21-14(19)16-12(13(17)18)10-20-9-11-7-5-4-6-8-11;1-11(2)15(12(3)4)18(16-13(5,6)7)17-14(8,9)10;1-6(12)7(5-11)10-8(13)14-9(2,3)4;/h16H,3-15,18H2,1-2H3,(H2,21,22,23);13H,11H2,1-10H3,(H,18,20);5-9,14H,10-11H2,1-4H3,(H,17,19);4-8,12H,9-10H2,1-3H3,(H,16,19)(H,17,18);11-12H,1-10H3;7,11H,5H2,1-4H3,(H,10,13);1H/t16-;13-;14-;12-;;7-;/m1111.1./s1. The smallest absolute Gasteiger partial charge is 0.475 e. The normalized spacial score (nSPS) is 13.4. The van der Waals surface area contributed by atoms with Gasteiger partial charge in [0.2, 0.25) is 5.91 Å². The number of hydrogen-bond donors (Lipinski definition) is 9. The van der Waals surface area contributed by atoms with Crippen LogP contribution in [-0.4, -0.2) is 216 Å². The van der Waals surface area contributed by atoms with E-state index < -0.39 is 132 Å². The number of amides is 5. The second-order valence-electron chi connectivity index (χ2n) is 38.1. The number of unbranched alkanes of at least 4 members (excludes halogenated alkanes) is 8. The molecule has 0 aliphatic carbocycles. The molecular weight excluding hydrogens is 1680 g/mol. The van der Waals surface area contributed by atoms with Crippen molar-refractivity contribution in [1.29, 1.82) is 0 Å². The topological polar surface area (TPSA) is 460 Å². The van der Waals surface area contributed by atoms with Gasteiger partial charge in [0.15, 0.2) is 23.4 Å². The predicted octanol–water partition coefficient (Wildman–Crippen LogP) is 18.0. The van der Waals surface area contributed by atoms with Crippen molar-refractivity contribution in [1.82, 2.24) is 30.8 Å². The third-order valence-electron chi connectivity index (χ3n) is 14.7. The molecule has 34 nitrogen and oxygen atoms in total. The first-order chi connectivity index (χ1) is 56.8. The van der Waals surface area contributed by atoms with Gasteiger partial charge in [-0.05, 0) is 239 Å². The summed E-state index contributed by atoms with van der Waals surface area (Å²) in [6, 6.07) is 15.0. The van der Waals surface area contributed by atoms with Gasteiger partial charge in [-0.3, -0.25) is 37.3 Å². The number of phosphoric acid groups is 2. The summed E-state index contributed by atoms with van der Waals surface area (Å²) >= 11 is 0. The molecule has 5 amide bonds. The molecule has 0 radical (unpaired) electrons. The molecule has 0 saturated carbocycles. The van der Waals surface area contributed by atoms with Gasteiger partial charge in [-0.2, -0.15) is 0 Å². The molecule has 0 fully saturated rings. The second kappa shape index (κ2) is 61.4. The highest BCUT2D eigenvalue weighted by atomic mass is 31.2. The van der Waals surface area contributed by atoms with Crippen LogP contribution in [0.4, 0.5) is 19.2 Å². The van der Waals surface area contributed by atoms with E-state index in [1.807, 2.05) is 60.7 Å². The summed E-state index contributed by atoms with van der Waals surface area (Å²) in [5.41, 5.74) is 3.11. The Kier molecular flexibility index (Phi) is 61.5. The van der Waals surface area contributed by atoms with E-state index in [2.05, 4.69) is 114 Å². The van der Waals surface area contributed by atoms with Crippen molar-refractivity contribution >= 4 is 77.8 Å². The van der Waals surface area contributed by atoms with E-state index in [0.29, 0.717) is 31.8 Å². The van der Waals surface area contributed by atoms with Crippen LogP contribution in [0.15, 0.2) is 60.7 Å². The van der Waals surface area contributed by atoms with Gasteiger partial charge in [0.1, 0.15) is 46.6 Å². The van der Waals surface area contributed by atoms with Crippen molar-refractivity contribution in [3.05, 3.63) is 71.8 Å². The number of ketones is 3. The number of hydrogen-bond acceptors (Lipinski definition) is 26. The molecule has 0 aromatic heterocycles. The summed E-state index contributed by atoms with van der Waals surface area (Å²) in [6.07, 6.45) is 8.16. The van der Waals surface area contributed by atoms with Crippen molar-refractivity contribution in [2.45, 2.75) is 393 Å². The van der Waals surface area contributed by atoms with Crippen LogP contribution in [0.2, 0.25) is 0 Å². The lowest BCUT2D eigenvalue weighted by Crippen LogP contribution is -2.46. The van der Waals surface area contributed by atoms with Crippen LogP contribution >= 0.6 is 24.2 Å². The minimum atomic E-state index is -4.61. The molecule has 0 aliphatic heterocycles. The van der Waals surface area contributed by atoms with E-state index in [1.54, 1.807) is 130 Å². The summed E-state index contributed by atoms with van der Waals surface area (Å²) in [5, 5.41) is 27.3. The van der Waals surface area contributed by atoms with Crippen molar-refractivity contribution in [2.75, 3.05) is 46.1 Å². The first-order valence-corrected chi connectivity index (χ1v) is 46.8. The lowest BCUT2D eigenvalue weighted by Gasteiger charge is -2.41. The average molecular weight is 1850 g/mol. The summed E-state index contributed by atoms with van der Waals surface area (Å²) in [5.74, 6) is -2.32. The first kappa shape index (κ1) is 125. The third-order valence-corrected chi connectivity index (χ3v) is 19.9. The third kappa shape index (κ3) is 76.4.